The van der Waals surface area contributed by atoms with Gasteiger partial charge in [-0.05, 0) is 12.1 Å². The summed E-state index contributed by atoms with van der Waals surface area (Å²) < 4.78 is 5.37. The molecule has 0 aliphatic carbocycles. The lowest BCUT2D eigenvalue weighted by molar-refractivity contribution is 0.360. The summed E-state index contributed by atoms with van der Waals surface area (Å²) in [6, 6.07) is 5.40. The molecule has 1 rings (SSSR count). The van der Waals surface area contributed by atoms with Gasteiger partial charge in [0, 0.05) is 10.6 Å². The van der Waals surface area contributed by atoms with E-state index in [0.29, 0.717) is 17.5 Å². The molecule has 0 N–H and O–H groups in total. The van der Waals surface area contributed by atoms with E-state index in [2.05, 4.69) is 6.58 Å². The fourth-order valence-corrected chi connectivity index (χ4v) is 1.30. The smallest absolute Gasteiger partial charge is 0.125 e. The molecule has 0 aliphatic rings. The molecule has 0 fully saturated rings. The Balaban J connectivity index is 2.87. The summed E-state index contributed by atoms with van der Waals surface area (Å²) in [4.78, 5) is 0. The lowest BCUT2D eigenvalue weighted by Gasteiger charge is -2.07. The van der Waals surface area contributed by atoms with Gasteiger partial charge >= 0.3 is 0 Å². The Labute approximate surface area is 87.9 Å². The first kappa shape index (κ1) is 10.4. The molecule has 0 aromatic heterocycles. The van der Waals surface area contributed by atoms with Crippen LogP contribution in [0.4, 0.5) is 0 Å². The van der Waals surface area contributed by atoms with Gasteiger partial charge in [0.1, 0.15) is 12.4 Å². The number of halogens is 2. The van der Waals surface area contributed by atoms with Gasteiger partial charge in [0.15, 0.2) is 0 Å². The van der Waals surface area contributed by atoms with E-state index in [1.807, 2.05) is 6.07 Å². The Morgan fingerprint density at radius 3 is 2.85 bits per heavy atom. The lowest BCUT2D eigenvalue weighted by atomic mass is 10.2. The topological polar surface area (TPSA) is 9.23 Å². The van der Waals surface area contributed by atoms with E-state index < -0.39 is 0 Å². The third kappa shape index (κ3) is 2.94. The van der Waals surface area contributed by atoms with Gasteiger partial charge < -0.3 is 4.74 Å². The third-order valence-corrected chi connectivity index (χ3v) is 2.05. The summed E-state index contributed by atoms with van der Waals surface area (Å²) >= 11 is 11.5. The van der Waals surface area contributed by atoms with E-state index in [4.69, 9.17) is 27.9 Å². The Morgan fingerprint density at radius 1 is 1.46 bits per heavy atom. The molecule has 1 aromatic rings. The summed E-state index contributed by atoms with van der Waals surface area (Å²) in [5.74, 6) is 1.14. The quantitative estimate of drug-likeness (QED) is 0.552. The fourth-order valence-electron chi connectivity index (χ4n) is 0.922. The second-order valence-corrected chi connectivity index (χ2v) is 3.19. The first-order chi connectivity index (χ1) is 6.27. The van der Waals surface area contributed by atoms with Crippen LogP contribution in [0, 0.1) is 0 Å². The standard InChI is InChI=1S/C10H10Cl2O/c1-2-5-13-10-6-9(12)4-3-8(10)7-11/h2-4,6H,1,5,7H2. The zero-order valence-electron chi connectivity index (χ0n) is 7.09. The molecule has 0 bridgehead atoms. The van der Waals surface area contributed by atoms with Crippen LogP contribution < -0.4 is 4.74 Å². The van der Waals surface area contributed by atoms with Crippen LogP contribution in [-0.2, 0) is 5.88 Å². The van der Waals surface area contributed by atoms with E-state index in [1.54, 1.807) is 18.2 Å². The summed E-state index contributed by atoms with van der Waals surface area (Å²) in [6.07, 6.45) is 1.68. The second kappa shape index (κ2) is 5.15. The zero-order valence-corrected chi connectivity index (χ0v) is 8.61. The van der Waals surface area contributed by atoms with Crippen molar-refractivity contribution in [1.29, 1.82) is 0 Å². The predicted octanol–water partition coefficient (Wildman–Crippen LogP) is 3.64. The van der Waals surface area contributed by atoms with Crippen LogP contribution in [0.15, 0.2) is 30.9 Å². The number of ether oxygens (including phenoxy) is 1. The number of hydrogen-bond acceptors (Lipinski definition) is 1. The van der Waals surface area contributed by atoms with E-state index in [-0.39, 0.29) is 0 Å². The van der Waals surface area contributed by atoms with Gasteiger partial charge in [-0.15, -0.1) is 11.6 Å². The molecule has 0 spiro atoms. The van der Waals surface area contributed by atoms with Crippen LogP contribution >= 0.6 is 23.2 Å². The minimum Gasteiger partial charge on any atom is -0.489 e. The van der Waals surface area contributed by atoms with E-state index in [1.165, 1.54) is 0 Å². The first-order valence-electron chi connectivity index (χ1n) is 3.86. The summed E-state index contributed by atoms with van der Waals surface area (Å²) in [5.41, 5.74) is 0.938. The molecule has 1 aromatic carbocycles. The molecule has 1 nitrogen and oxygen atoms in total. The van der Waals surface area contributed by atoms with E-state index in [9.17, 15) is 0 Å². The van der Waals surface area contributed by atoms with Gasteiger partial charge in [-0.2, -0.15) is 0 Å². The van der Waals surface area contributed by atoms with Crippen LogP contribution in [0.1, 0.15) is 5.56 Å². The van der Waals surface area contributed by atoms with Crippen molar-refractivity contribution in [2.75, 3.05) is 6.61 Å². The normalized spacial score (nSPS) is 9.69. The van der Waals surface area contributed by atoms with Gasteiger partial charge in [0.05, 0.1) is 5.88 Å². The maximum absolute atomic E-state index is 5.80. The minimum absolute atomic E-state index is 0.420. The molecule has 0 atom stereocenters. The van der Waals surface area contributed by atoms with E-state index in [0.717, 1.165) is 11.3 Å². The second-order valence-electron chi connectivity index (χ2n) is 2.49. The molecule has 0 heterocycles. The highest BCUT2D eigenvalue weighted by molar-refractivity contribution is 6.30. The molecule has 0 saturated heterocycles. The zero-order chi connectivity index (χ0) is 9.68. The summed E-state index contributed by atoms with van der Waals surface area (Å²) in [7, 11) is 0. The molecule has 13 heavy (non-hydrogen) atoms. The molecule has 0 saturated carbocycles. The van der Waals surface area contributed by atoms with Crippen molar-refractivity contribution >= 4 is 23.2 Å². The molecule has 3 heteroatoms. The summed E-state index contributed by atoms with van der Waals surface area (Å²) in [6.45, 7) is 4.03. The highest BCUT2D eigenvalue weighted by Gasteiger charge is 2.02. The van der Waals surface area contributed by atoms with Crippen LogP contribution in [0.5, 0.6) is 5.75 Å². The van der Waals surface area contributed by atoms with Gasteiger partial charge in [-0.25, -0.2) is 0 Å². The van der Waals surface area contributed by atoms with Gasteiger partial charge in [0.2, 0.25) is 0 Å². The third-order valence-electron chi connectivity index (χ3n) is 1.53. The molecule has 70 valence electrons. The van der Waals surface area contributed by atoms with Crippen molar-refractivity contribution < 1.29 is 4.74 Å². The average molecular weight is 217 g/mol. The molecular weight excluding hydrogens is 207 g/mol. The van der Waals surface area contributed by atoms with Gasteiger partial charge in [-0.3, -0.25) is 0 Å². The SMILES string of the molecule is C=CCOc1cc(Cl)ccc1CCl. The highest BCUT2D eigenvalue weighted by atomic mass is 35.5. The molecule has 0 amide bonds. The van der Waals surface area contributed by atoms with Crippen LogP contribution in [0.2, 0.25) is 5.02 Å². The maximum Gasteiger partial charge on any atom is 0.125 e. The monoisotopic (exact) mass is 216 g/mol. The molecule has 0 radical (unpaired) electrons. The van der Waals surface area contributed by atoms with Crippen molar-refractivity contribution in [2.45, 2.75) is 5.88 Å². The van der Waals surface area contributed by atoms with Gasteiger partial charge in [0.25, 0.3) is 0 Å². The van der Waals surface area contributed by atoms with E-state index >= 15 is 0 Å². The Morgan fingerprint density at radius 2 is 2.23 bits per heavy atom. The fraction of sp³-hybridized carbons (Fsp3) is 0.200. The highest BCUT2D eigenvalue weighted by Crippen LogP contribution is 2.24. The number of benzene rings is 1. The Hall–Kier alpha value is -0.660. The number of rotatable bonds is 4. The largest absolute Gasteiger partial charge is 0.489 e. The van der Waals surface area contributed by atoms with Crippen molar-refractivity contribution in [3.05, 3.63) is 41.4 Å². The van der Waals surface area contributed by atoms with Crippen LogP contribution in [0.25, 0.3) is 0 Å². The Kier molecular flexibility index (Phi) is 4.13. The predicted molar refractivity (Wildman–Crippen MR) is 56.7 cm³/mol. The first-order valence-corrected chi connectivity index (χ1v) is 4.77. The number of alkyl halides is 1. The van der Waals surface area contributed by atoms with Crippen molar-refractivity contribution in [2.24, 2.45) is 0 Å². The van der Waals surface area contributed by atoms with Crippen molar-refractivity contribution in [3.8, 4) is 5.75 Å². The average Bonchev–Trinajstić information content (AvgIpc) is 2.15. The van der Waals surface area contributed by atoms with Crippen LogP contribution in [-0.4, -0.2) is 6.61 Å². The molecule has 0 aliphatic heterocycles. The minimum atomic E-state index is 0.420. The lowest BCUT2D eigenvalue weighted by Crippen LogP contribution is -1.95. The van der Waals surface area contributed by atoms with Crippen molar-refractivity contribution in [3.63, 3.8) is 0 Å². The molecule has 0 unspecified atom stereocenters. The van der Waals surface area contributed by atoms with Crippen LogP contribution in [0.3, 0.4) is 0 Å². The Bertz CT molecular complexity index is 297. The maximum atomic E-state index is 5.80. The van der Waals surface area contributed by atoms with Gasteiger partial charge in [-0.1, -0.05) is 30.3 Å². The summed E-state index contributed by atoms with van der Waals surface area (Å²) in [5, 5.41) is 0.646. The number of hydrogen-bond donors (Lipinski definition) is 0. The van der Waals surface area contributed by atoms with Crippen molar-refractivity contribution in [1.82, 2.24) is 0 Å². The molecular formula is C10H10Cl2O.